The predicted octanol–water partition coefficient (Wildman–Crippen LogP) is 2.90. The number of hydrogen-bond acceptors (Lipinski definition) is 10. The summed E-state index contributed by atoms with van der Waals surface area (Å²) in [5.74, 6) is 1.18. The molecular formula is C28H48N8O2. The van der Waals surface area contributed by atoms with E-state index in [-0.39, 0.29) is 32.7 Å². The number of unbranched alkanes of at least 4 members (excludes halogenated alkanes) is 2. The highest BCUT2D eigenvalue weighted by atomic mass is 16.3. The van der Waals surface area contributed by atoms with E-state index >= 15 is 0 Å². The van der Waals surface area contributed by atoms with Crippen molar-refractivity contribution >= 4 is 23.3 Å². The second-order valence-corrected chi connectivity index (χ2v) is 9.24. The van der Waals surface area contributed by atoms with Crippen molar-refractivity contribution in [2.75, 3.05) is 31.2 Å². The zero-order valence-electron chi connectivity index (χ0n) is 22.2. The number of hydrogen-bond donors (Lipinski definition) is 6. The first-order chi connectivity index (χ1) is 17.9. The van der Waals surface area contributed by atoms with Gasteiger partial charge in [0.1, 0.15) is 24.3 Å². The van der Waals surface area contributed by atoms with Crippen LogP contribution in [0.15, 0.2) is 24.8 Å². The van der Waals surface area contributed by atoms with Crippen LogP contribution in [0.2, 0.25) is 0 Å². The van der Waals surface area contributed by atoms with Gasteiger partial charge in [-0.2, -0.15) is 0 Å². The summed E-state index contributed by atoms with van der Waals surface area (Å²) in [5, 5.41) is 21.2. The Bertz CT molecular complexity index is 1010. The lowest BCUT2D eigenvalue weighted by Gasteiger charge is -2.16. The Balaban J connectivity index is 0.000000319. The Kier molecular flexibility index (Phi) is 16.0. The molecular weight excluding hydrogens is 480 g/mol. The minimum atomic E-state index is 0. The average molecular weight is 529 g/mol. The van der Waals surface area contributed by atoms with Crippen LogP contribution in [0.3, 0.4) is 0 Å². The third-order valence-corrected chi connectivity index (χ3v) is 6.32. The predicted molar refractivity (Wildman–Crippen MR) is 157 cm³/mol. The first-order valence-electron chi connectivity index (χ1n) is 13.2. The van der Waals surface area contributed by atoms with Gasteiger partial charge in [-0.3, -0.25) is 0 Å². The van der Waals surface area contributed by atoms with Crippen LogP contribution in [0.1, 0.15) is 82.3 Å². The van der Waals surface area contributed by atoms with E-state index in [4.69, 9.17) is 22.3 Å². The van der Waals surface area contributed by atoms with Crippen molar-refractivity contribution in [3.63, 3.8) is 0 Å². The maximum atomic E-state index is 9.34. The summed E-state index contributed by atoms with van der Waals surface area (Å²) in [6.45, 7) is 5.29. The summed E-state index contributed by atoms with van der Waals surface area (Å²) in [4.78, 5) is 16.2. The van der Waals surface area contributed by atoms with E-state index in [0.717, 1.165) is 86.0 Å². The Labute approximate surface area is 227 Å². The number of aromatic nitrogens is 4. The Morgan fingerprint density at radius 1 is 0.895 bits per heavy atom. The molecule has 2 heterocycles. The fraction of sp³-hybridized carbons (Fsp3) is 0.571. The number of rotatable bonds is 11. The summed E-state index contributed by atoms with van der Waals surface area (Å²) in [7, 11) is 0. The minimum Gasteiger partial charge on any atom is -0.395 e. The molecule has 0 saturated heterocycles. The largest absolute Gasteiger partial charge is 0.395 e. The van der Waals surface area contributed by atoms with Crippen LogP contribution in [0, 0.1) is 0 Å². The summed E-state index contributed by atoms with van der Waals surface area (Å²) in [6.07, 6.45) is 17.3. The van der Waals surface area contributed by atoms with Gasteiger partial charge in [-0.05, 0) is 37.3 Å². The molecule has 2 aromatic rings. The molecule has 0 unspecified atom stereocenters. The van der Waals surface area contributed by atoms with Gasteiger partial charge in [-0.25, -0.2) is 19.9 Å². The SMILES string of the molecule is C.CCCC[C@@H](N)CO.CCCC[C@H](CO)NCC1=CCc2c(N)ncnc21.Nc1ncnc2c1CC=C2. The molecule has 0 saturated carbocycles. The van der Waals surface area contributed by atoms with Crippen molar-refractivity contribution in [2.24, 2.45) is 5.73 Å². The molecule has 0 aromatic carbocycles. The highest BCUT2D eigenvalue weighted by molar-refractivity contribution is 5.74. The number of aliphatic hydroxyl groups excluding tert-OH is 2. The molecule has 0 fully saturated rings. The van der Waals surface area contributed by atoms with Gasteiger partial charge < -0.3 is 32.7 Å². The van der Waals surface area contributed by atoms with Crippen molar-refractivity contribution in [3.8, 4) is 0 Å². The topological polar surface area (TPSA) is 182 Å². The van der Waals surface area contributed by atoms with Crippen molar-refractivity contribution in [3.05, 3.63) is 47.3 Å². The zero-order valence-corrected chi connectivity index (χ0v) is 22.2. The smallest absolute Gasteiger partial charge is 0.130 e. The highest BCUT2D eigenvalue weighted by Crippen LogP contribution is 2.27. The number of fused-ring (bicyclic) bond motifs is 2. The van der Waals surface area contributed by atoms with E-state index in [1.54, 1.807) is 0 Å². The summed E-state index contributed by atoms with van der Waals surface area (Å²) >= 11 is 0. The van der Waals surface area contributed by atoms with Gasteiger partial charge in [0, 0.05) is 29.8 Å². The van der Waals surface area contributed by atoms with Gasteiger partial charge in [-0.1, -0.05) is 59.1 Å². The van der Waals surface area contributed by atoms with Gasteiger partial charge in [0.15, 0.2) is 0 Å². The molecule has 212 valence electrons. The van der Waals surface area contributed by atoms with Gasteiger partial charge >= 0.3 is 0 Å². The number of nitrogen functional groups attached to an aromatic ring is 2. The third-order valence-electron chi connectivity index (χ3n) is 6.32. The van der Waals surface area contributed by atoms with E-state index < -0.39 is 0 Å². The van der Waals surface area contributed by atoms with Crippen molar-refractivity contribution in [1.29, 1.82) is 0 Å². The Morgan fingerprint density at radius 3 is 2.18 bits per heavy atom. The summed E-state index contributed by atoms with van der Waals surface area (Å²) in [6, 6.07) is 0.166. The fourth-order valence-corrected chi connectivity index (χ4v) is 3.98. The monoisotopic (exact) mass is 528 g/mol. The van der Waals surface area contributed by atoms with Crippen LogP contribution >= 0.6 is 0 Å². The van der Waals surface area contributed by atoms with Gasteiger partial charge in [0.25, 0.3) is 0 Å². The normalized spacial score (nSPS) is 14.1. The molecule has 38 heavy (non-hydrogen) atoms. The van der Waals surface area contributed by atoms with E-state index in [2.05, 4.69) is 45.2 Å². The quantitative estimate of drug-likeness (QED) is 0.253. The highest BCUT2D eigenvalue weighted by Gasteiger charge is 2.19. The van der Waals surface area contributed by atoms with E-state index in [1.165, 1.54) is 12.7 Å². The van der Waals surface area contributed by atoms with Crippen molar-refractivity contribution < 1.29 is 10.2 Å². The van der Waals surface area contributed by atoms with E-state index in [1.807, 2.05) is 12.2 Å². The van der Waals surface area contributed by atoms with Crippen molar-refractivity contribution in [1.82, 2.24) is 25.3 Å². The lowest BCUT2D eigenvalue weighted by atomic mass is 10.1. The number of anilines is 2. The fourth-order valence-electron chi connectivity index (χ4n) is 3.98. The number of allylic oxidation sites excluding steroid dienone is 2. The van der Waals surface area contributed by atoms with E-state index in [0.29, 0.717) is 11.6 Å². The van der Waals surface area contributed by atoms with Crippen LogP contribution in [-0.4, -0.2) is 62.0 Å². The average Bonchev–Trinajstić information content (AvgIpc) is 3.57. The second-order valence-electron chi connectivity index (χ2n) is 9.24. The number of aliphatic hydroxyl groups is 2. The van der Waals surface area contributed by atoms with E-state index in [9.17, 15) is 5.11 Å². The Hall–Kier alpha value is -2.92. The molecule has 0 amide bonds. The van der Waals surface area contributed by atoms with Crippen LogP contribution in [-0.2, 0) is 12.8 Å². The lowest BCUT2D eigenvalue weighted by molar-refractivity contribution is 0.237. The van der Waals surface area contributed by atoms with Gasteiger partial charge in [0.2, 0.25) is 0 Å². The molecule has 4 rings (SSSR count). The maximum absolute atomic E-state index is 9.34. The molecule has 0 radical (unpaired) electrons. The number of nitrogens with zero attached hydrogens (tertiary/aromatic N) is 4. The van der Waals surface area contributed by atoms with Gasteiger partial charge in [0.05, 0.1) is 24.6 Å². The van der Waals surface area contributed by atoms with Crippen LogP contribution in [0.4, 0.5) is 11.6 Å². The molecule has 10 heteroatoms. The molecule has 0 aliphatic heterocycles. The molecule has 2 aliphatic carbocycles. The summed E-state index contributed by atoms with van der Waals surface area (Å²) < 4.78 is 0. The number of nitrogens with one attached hydrogen (secondary N) is 1. The molecule has 0 spiro atoms. The lowest BCUT2D eigenvalue weighted by Crippen LogP contribution is -2.33. The molecule has 10 nitrogen and oxygen atoms in total. The maximum Gasteiger partial charge on any atom is 0.130 e. The first-order valence-corrected chi connectivity index (χ1v) is 13.2. The van der Waals surface area contributed by atoms with Crippen LogP contribution in [0.5, 0.6) is 0 Å². The number of nitrogens with two attached hydrogens (primary N) is 3. The molecule has 2 atom stereocenters. The van der Waals surface area contributed by atoms with Crippen LogP contribution in [0.25, 0.3) is 11.6 Å². The molecule has 2 aliphatic rings. The van der Waals surface area contributed by atoms with Crippen LogP contribution < -0.4 is 22.5 Å². The molecule has 9 N–H and O–H groups in total. The third kappa shape index (κ3) is 10.4. The molecule has 2 aromatic heterocycles. The second kappa shape index (κ2) is 18.4. The molecule has 0 bridgehead atoms. The first kappa shape index (κ1) is 33.1. The Morgan fingerprint density at radius 2 is 1.55 bits per heavy atom. The minimum absolute atomic E-state index is 0. The summed E-state index contributed by atoms with van der Waals surface area (Å²) in [5.41, 5.74) is 22.0. The van der Waals surface area contributed by atoms with Crippen molar-refractivity contribution in [2.45, 2.75) is 84.7 Å². The van der Waals surface area contributed by atoms with Gasteiger partial charge in [-0.15, -0.1) is 0 Å². The zero-order chi connectivity index (χ0) is 27.0. The standard InChI is InChI=1S/C14H22N4O.C7H7N3.C6H15NO.CH4/c1-2-3-4-11(8-19)16-7-10-5-6-12-13(10)17-9-18-14(12)15;8-7-5-2-1-3-6(5)9-4-10-7;1-2-3-4-6(7)5-8;/h5,9,11,16,19H,2-4,6-8H2,1H3,(H2,15,17,18);1,3-4H,2H2,(H2,8,9,10);6,8H,2-5,7H2,1H3;1H4/t11-;;6-;/m1.1./s1.